The predicted molar refractivity (Wildman–Crippen MR) is 81.7 cm³/mol. The van der Waals surface area contributed by atoms with Gasteiger partial charge in [0.25, 0.3) is 0 Å². The first-order chi connectivity index (χ1) is 10.9. The maximum atomic E-state index is 8.89. The summed E-state index contributed by atoms with van der Waals surface area (Å²) in [7, 11) is 3.38. The molecule has 0 aliphatic heterocycles. The Hall–Kier alpha value is -1.85. The normalized spacial score (nSPS) is 8.00. The Balaban J connectivity index is -0.000000304. The van der Waals surface area contributed by atoms with Crippen LogP contribution < -0.4 is 27.9 Å². The summed E-state index contributed by atoms with van der Waals surface area (Å²) in [4.78, 5) is 26.7. The number of benzene rings is 1. The topological polar surface area (TPSA) is 139 Å². The fourth-order valence-corrected chi connectivity index (χ4v) is 2.40. The molecule has 132 valence electrons. The molecule has 0 unspecified atom stereocenters. The van der Waals surface area contributed by atoms with Gasteiger partial charge in [-0.3, -0.25) is 0 Å². The first kappa shape index (κ1) is 27.0. The predicted octanol–water partition coefficient (Wildman–Crippen LogP) is -2.93. The molecule has 0 radical (unpaired) electrons. The molecule has 1 aromatic rings. The van der Waals surface area contributed by atoms with E-state index in [1.165, 1.54) is 8.69 Å². The minimum absolute atomic E-state index is 0.943. The fourth-order valence-electron chi connectivity index (χ4n) is 1.04. The number of carbonyl (C=O) groups excluding carboxylic acids is 3. The van der Waals surface area contributed by atoms with Crippen molar-refractivity contribution in [3.63, 3.8) is 0 Å². The molecule has 24 heavy (non-hydrogen) atoms. The fraction of sp³-hybridized carbons (Fsp3) is 0.400. The average molecular weight is 536 g/mol. The maximum absolute atomic E-state index is 8.89. The molecule has 0 spiro atoms. The van der Waals surface area contributed by atoms with Gasteiger partial charge in [-0.25, -0.2) is 0 Å². The van der Waals surface area contributed by atoms with E-state index in [9.17, 15) is 0 Å². The third-order valence-electron chi connectivity index (χ3n) is 1.65. The molecule has 0 aliphatic carbocycles. The van der Waals surface area contributed by atoms with Crippen LogP contribution in [0.5, 0.6) is 11.5 Å². The summed E-state index contributed by atoms with van der Waals surface area (Å²) in [6, 6.07) is 4.07. The summed E-state index contributed by atoms with van der Waals surface area (Å²) in [5.41, 5.74) is 1.17. The van der Waals surface area contributed by atoms with Gasteiger partial charge in [0.15, 0.2) is 0 Å². The zero-order valence-corrected chi connectivity index (χ0v) is 18.3. The van der Waals surface area contributed by atoms with Crippen LogP contribution in [0.3, 0.4) is 0 Å². The molecule has 0 aromatic heterocycles. The van der Waals surface area contributed by atoms with Crippen LogP contribution >= 0.6 is 0 Å². The van der Waals surface area contributed by atoms with Crippen LogP contribution in [0.1, 0.15) is 26.3 Å². The van der Waals surface area contributed by atoms with Crippen LogP contribution in [0.25, 0.3) is 0 Å². The standard InChI is InChI=1S/C9H11O2.3C2H4O2.Pb/c1-7-4-8(10-2)6-9(5-7)11-3;3*1-2(3)4;/h4-5H,1-3H3;3*1H3,(H,3,4);/q;;;;+3/p-3. The van der Waals surface area contributed by atoms with Crippen LogP contribution in [-0.4, -0.2) is 57.9 Å². The van der Waals surface area contributed by atoms with Gasteiger partial charge < -0.3 is 29.7 Å². The number of carboxylic acid groups (broad SMARTS) is 3. The Bertz CT molecular complexity index is 463. The molecule has 0 amide bonds. The van der Waals surface area contributed by atoms with Crippen molar-refractivity contribution in [1.29, 1.82) is 0 Å². The Labute approximate surface area is 157 Å². The minimum atomic E-state index is -1.08. The average Bonchev–Trinajstić information content (AvgIpc) is 2.39. The van der Waals surface area contributed by atoms with E-state index < -0.39 is 17.9 Å². The van der Waals surface area contributed by atoms with Gasteiger partial charge in [-0.05, 0) is 20.8 Å². The molecule has 0 atom stereocenters. The summed E-state index contributed by atoms with van der Waals surface area (Å²) in [6.45, 7) is 4.95. The van der Waals surface area contributed by atoms with Crippen molar-refractivity contribution in [3.8, 4) is 11.5 Å². The van der Waals surface area contributed by atoms with E-state index in [-0.39, 0.29) is 0 Å². The number of hydrogen-bond donors (Lipinski definition) is 0. The molecular formula is C15H20O8Pb. The SMILES string of the molecule is CC(=O)[O-].CC(=O)[O-].CC(=O)[O-].COc1cc(C)cc(OC)[c]1[Pb+3]. The van der Waals surface area contributed by atoms with Crippen molar-refractivity contribution in [2.45, 2.75) is 27.7 Å². The quantitative estimate of drug-likeness (QED) is 0.367. The van der Waals surface area contributed by atoms with Crippen molar-refractivity contribution < 1.29 is 39.2 Å². The summed E-state index contributed by atoms with van der Waals surface area (Å²) in [5.74, 6) is -1.36. The monoisotopic (exact) mass is 536 g/mol. The van der Waals surface area contributed by atoms with E-state index >= 15 is 0 Å². The molecule has 0 bridgehead atoms. The van der Waals surface area contributed by atoms with E-state index in [0.717, 1.165) is 58.0 Å². The zero-order chi connectivity index (χ0) is 19.9. The molecule has 0 saturated heterocycles. The molecule has 9 heteroatoms. The molecule has 0 N–H and O–H groups in total. The van der Waals surface area contributed by atoms with Crippen LogP contribution in [0.4, 0.5) is 0 Å². The van der Waals surface area contributed by atoms with Crippen molar-refractivity contribution in [2.75, 3.05) is 14.2 Å². The zero-order valence-electron chi connectivity index (χ0n) is 14.4. The van der Waals surface area contributed by atoms with E-state index in [1.807, 2.05) is 19.1 Å². The Morgan fingerprint density at radius 3 is 1.21 bits per heavy atom. The second-order valence-corrected chi connectivity index (χ2v) is 5.96. The van der Waals surface area contributed by atoms with Crippen LogP contribution in [0, 0.1) is 6.92 Å². The van der Waals surface area contributed by atoms with Gasteiger partial charge in [-0.15, -0.1) is 0 Å². The second-order valence-electron chi connectivity index (χ2n) is 4.02. The van der Waals surface area contributed by atoms with Gasteiger partial charge in [-0.1, -0.05) is 0 Å². The van der Waals surface area contributed by atoms with E-state index in [0.29, 0.717) is 0 Å². The van der Waals surface area contributed by atoms with Crippen LogP contribution in [-0.2, 0) is 14.4 Å². The first-order valence-corrected chi connectivity index (χ1v) is 8.30. The summed E-state index contributed by atoms with van der Waals surface area (Å²) in [6.07, 6.45) is 0. The Kier molecular flexibility index (Phi) is 18.0. The summed E-state index contributed by atoms with van der Waals surface area (Å²) < 4.78 is 11.6. The number of aryl methyl sites for hydroxylation is 1. The van der Waals surface area contributed by atoms with Gasteiger partial charge in [0, 0.05) is 17.9 Å². The van der Waals surface area contributed by atoms with E-state index in [4.69, 9.17) is 39.2 Å². The summed E-state index contributed by atoms with van der Waals surface area (Å²) >= 11 is 0.944. The number of aliphatic carboxylic acids is 3. The van der Waals surface area contributed by atoms with Gasteiger partial charge in [0.1, 0.15) is 0 Å². The van der Waals surface area contributed by atoms with Gasteiger partial charge >= 0.3 is 88.7 Å². The number of rotatable bonds is 2. The molecule has 0 aliphatic rings. The first-order valence-electron chi connectivity index (χ1n) is 6.35. The number of carbonyl (C=O) groups is 3. The molecular weight excluding hydrogens is 515 g/mol. The molecule has 1 aromatic carbocycles. The molecule has 1 rings (SSSR count). The second kappa shape index (κ2) is 16.0. The molecule has 0 heterocycles. The van der Waals surface area contributed by atoms with Gasteiger partial charge in [0.05, 0.1) is 0 Å². The number of ether oxygens (including phenoxy) is 2. The third kappa shape index (κ3) is 22.4. The van der Waals surface area contributed by atoms with E-state index in [2.05, 4.69) is 0 Å². The van der Waals surface area contributed by atoms with Crippen LogP contribution in [0.15, 0.2) is 12.1 Å². The van der Waals surface area contributed by atoms with Crippen molar-refractivity contribution in [2.24, 2.45) is 0 Å². The molecule has 0 saturated carbocycles. The Morgan fingerprint density at radius 1 is 0.833 bits per heavy atom. The number of carboxylic acids is 3. The van der Waals surface area contributed by atoms with E-state index in [1.54, 1.807) is 14.2 Å². The molecule has 0 fully saturated rings. The van der Waals surface area contributed by atoms with Crippen LogP contribution in [0.2, 0.25) is 0 Å². The van der Waals surface area contributed by atoms with Crippen molar-refractivity contribution >= 4 is 46.8 Å². The number of methoxy groups -OCH3 is 2. The van der Waals surface area contributed by atoms with Gasteiger partial charge in [0.2, 0.25) is 0 Å². The summed E-state index contributed by atoms with van der Waals surface area (Å²) in [5, 5.41) is 26.7. The number of hydrogen-bond acceptors (Lipinski definition) is 8. The third-order valence-corrected chi connectivity index (χ3v) is 3.57. The molecule has 8 nitrogen and oxygen atoms in total. The Morgan fingerprint density at radius 2 is 1.04 bits per heavy atom. The van der Waals surface area contributed by atoms with Crippen molar-refractivity contribution in [1.82, 2.24) is 0 Å². The van der Waals surface area contributed by atoms with Gasteiger partial charge in [-0.2, -0.15) is 0 Å². The van der Waals surface area contributed by atoms with Crippen molar-refractivity contribution in [3.05, 3.63) is 17.7 Å².